The van der Waals surface area contributed by atoms with Crippen molar-refractivity contribution in [2.75, 3.05) is 0 Å². The number of halogens is 6. The van der Waals surface area contributed by atoms with Crippen molar-refractivity contribution in [2.24, 2.45) is 0 Å². The van der Waals surface area contributed by atoms with Crippen LogP contribution in [0.1, 0.15) is 0 Å². The first-order chi connectivity index (χ1) is 55.1. The Morgan fingerprint density at radius 2 is 0.393 bits per heavy atom. The Bertz CT molecular complexity index is 6020. The molecule has 0 aliphatic carbocycles. The monoisotopic (exact) mass is 1870 g/mol. The summed E-state index contributed by atoms with van der Waals surface area (Å²) >= 11 is 20.9. The fourth-order valence-electron chi connectivity index (χ4n) is 13.5. The quantitative estimate of drug-likeness (QED) is 0.107. The van der Waals surface area contributed by atoms with E-state index in [1.54, 1.807) is 0 Å². The van der Waals surface area contributed by atoms with E-state index in [1.807, 2.05) is 42.5 Å². The van der Waals surface area contributed by atoms with Crippen molar-refractivity contribution in [3.63, 3.8) is 0 Å². The summed E-state index contributed by atoms with van der Waals surface area (Å²) in [7, 11) is 0. The normalized spacial score (nSPS) is 10.6. The van der Waals surface area contributed by atoms with Gasteiger partial charge in [-0.3, -0.25) is 0 Å². The molecule has 0 amide bonds. The van der Waals surface area contributed by atoms with E-state index in [4.69, 9.17) is 0 Å². The molecule has 0 atom stereocenters. The van der Waals surface area contributed by atoms with Crippen LogP contribution in [0.3, 0.4) is 0 Å². The lowest BCUT2D eigenvalue weighted by Gasteiger charge is -2.14. The largest absolute Gasteiger partial charge is 0.0622 e. The lowest BCUT2D eigenvalue weighted by molar-refractivity contribution is 1.54. The molecule has 112 heavy (non-hydrogen) atoms. The van der Waals surface area contributed by atoms with Gasteiger partial charge in [0.15, 0.2) is 0 Å². The Kier molecular flexibility index (Phi) is 27.2. The molecule has 18 aromatic carbocycles. The van der Waals surface area contributed by atoms with Crippen LogP contribution in [0.4, 0.5) is 0 Å². The van der Waals surface area contributed by atoms with E-state index in [1.165, 1.54) is 148 Å². The molecular weight excluding hydrogens is 1800 g/mol. The Hall–Kier alpha value is -10.7. The molecule has 540 valence electrons. The maximum Gasteiger partial charge on any atom is 0.0332 e. The van der Waals surface area contributed by atoms with Crippen molar-refractivity contribution in [1.82, 2.24) is 0 Å². The fourth-order valence-corrected chi connectivity index (χ4v) is 16.8. The van der Waals surface area contributed by atoms with Crippen LogP contribution < -0.4 is 0 Å². The van der Waals surface area contributed by atoms with Crippen molar-refractivity contribution in [2.45, 2.75) is 0 Å². The van der Waals surface area contributed by atoms with Crippen LogP contribution in [0.5, 0.6) is 0 Å². The van der Waals surface area contributed by atoms with Crippen LogP contribution in [-0.4, -0.2) is 0 Å². The molecule has 0 nitrogen and oxygen atoms in total. The zero-order valence-electron chi connectivity index (χ0n) is 61.0. The lowest BCUT2D eigenvalue weighted by atomic mass is 9.93. The van der Waals surface area contributed by atoms with Crippen molar-refractivity contribution in [1.29, 1.82) is 0 Å². The maximum atomic E-state index is 3.86. The first kappa shape index (κ1) is 78.1. The summed E-state index contributed by atoms with van der Waals surface area (Å²) in [4.78, 5) is 0. The summed E-state index contributed by atoms with van der Waals surface area (Å²) in [5.41, 5.74) is 29.5. The summed E-state index contributed by atoms with van der Waals surface area (Å²) in [5.74, 6) is 0. The van der Waals surface area contributed by atoms with Crippen molar-refractivity contribution >= 4 is 113 Å². The van der Waals surface area contributed by atoms with Gasteiger partial charge in [-0.1, -0.05) is 440 Å². The highest BCUT2D eigenvalue weighted by Gasteiger charge is 2.16. The van der Waals surface area contributed by atoms with Crippen molar-refractivity contribution < 1.29 is 0 Å². The highest BCUT2D eigenvalue weighted by Crippen LogP contribution is 2.43. The summed E-state index contributed by atoms with van der Waals surface area (Å²) in [6, 6.07) is 157. The van der Waals surface area contributed by atoms with Gasteiger partial charge in [-0.25, -0.2) is 0 Å². The minimum atomic E-state index is 1.11. The lowest BCUT2D eigenvalue weighted by Crippen LogP contribution is -1.88. The first-order valence-electron chi connectivity index (χ1n) is 36.9. The zero-order valence-corrected chi connectivity index (χ0v) is 71.1. The molecule has 0 saturated heterocycles. The third kappa shape index (κ3) is 20.0. The Morgan fingerprint density at radius 3 is 0.812 bits per heavy atom. The van der Waals surface area contributed by atoms with E-state index in [0.717, 1.165) is 22.4 Å². The topological polar surface area (TPSA) is 0 Å². The second kappa shape index (κ2) is 39.0. The highest BCUT2D eigenvalue weighted by molar-refractivity contribution is 14.1. The number of rotatable bonds is 12. The molecule has 18 rings (SSSR count). The highest BCUT2D eigenvalue weighted by atomic mass is 127. The maximum absolute atomic E-state index is 3.86. The van der Waals surface area contributed by atoms with Gasteiger partial charge in [-0.2, -0.15) is 0 Å². The van der Waals surface area contributed by atoms with Gasteiger partial charge in [0.2, 0.25) is 0 Å². The molecule has 18 aromatic rings. The summed E-state index contributed by atoms with van der Waals surface area (Å²) in [6.07, 6.45) is 0. The van der Waals surface area contributed by atoms with E-state index in [9.17, 15) is 0 Å². The number of hydrogen-bond acceptors (Lipinski definition) is 0. The van der Waals surface area contributed by atoms with Crippen molar-refractivity contribution in [3.05, 3.63) is 475 Å². The predicted octanol–water partition coefficient (Wildman–Crippen LogP) is 34.0. The molecule has 0 spiro atoms. The molecule has 0 unspecified atom stereocenters. The van der Waals surface area contributed by atoms with Crippen LogP contribution in [0.15, 0.2) is 471 Å². The molecule has 0 bridgehead atoms. The molecule has 0 aliphatic heterocycles. The van der Waals surface area contributed by atoms with Crippen molar-refractivity contribution in [3.8, 4) is 134 Å². The van der Waals surface area contributed by atoms with E-state index in [2.05, 4.69) is 509 Å². The van der Waals surface area contributed by atoms with Gasteiger partial charge in [0.25, 0.3) is 0 Å². The second-order valence-corrected chi connectivity index (χ2v) is 31.9. The average Bonchev–Trinajstić information content (AvgIpc) is 0.756. The van der Waals surface area contributed by atoms with E-state index < -0.39 is 0 Å². The Labute approximate surface area is 714 Å². The Balaban J connectivity index is 0.000000117. The van der Waals surface area contributed by atoms with E-state index in [-0.39, 0.29) is 0 Å². The van der Waals surface area contributed by atoms with Crippen LogP contribution >= 0.6 is 102 Å². The molecule has 0 fully saturated rings. The molecule has 6 heteroatoms. The van der Waals surface area contributed by atoms with E-state index >= 15 is 0 Å². The first-order valence-corrected chi connectivity index (χ1v) is 42.0. The molecule has 0 saturated carbocycles. The zero-order chi connectivity index (χ0) is 76.8. The number of benzene rings is 18. The average molecular weight is 1870 g/mol. The van der Waals surface area contributed by atoms with Gasteiger partial charge in [0.1, 0.15) is 0 Å². The van der Waals surface area contributed by atoms with Crippen LogP contribution in [0.2, 0.25) is 0 Å². The van der Waals surface area contributed by atoms with Gasteiger partial charge in [-0.05, 0) is 256 Å². The molecule has 0 aliphatic rings. The summed E-state index contributed by atoms with van der Waals surface area (Å²) in [6.45, 7) is 0. The van der Waals surface area contributed by atoms with Gasteiger partial charge >= 0.3 is 0 Å². The number of fused-ring (bicyclic) bond motifs is 1. The molecule has 0 aromatic heterocycles. The minimum Gasteiger partial charge on any atom is -0.0622 e. The summed E-state index contributed by atoms with van der Waals surface area (Å²) < 4.78 is 6.87. The fraction of sp³-hybridized carbons (Fsp3) is 0. The third-order valence-corrected chi connectivity index (χ3v) is 23.8. The van der Waals surface area contributed by atoms with E-state index in [0.29, 0.717) is 0 Å². The smallest absolute Gasteiger partial charge is 0.0332 e. The molecule has 0 heterocycles. The summed E-state index contributed by atoms with van der Waals surface area (Å²) in [5, 5.41) is 2.56. The predicted molar refractivity (Wildman–Crippen MR) is 506 cm³/mol. The standard InChI is InChI=1S/2C24H17Br.C22H15Br.C18H12BrI.C18H13Br/c25-24-22(19-12-6-2-7-13-19)16-21(18-10-4-1-5-11-18)17-23(24)20-14-8-3-9-15-20;25-24-15-14-22(17-23(24)19-10-5-2-6-11-19)21-13-7-12-20(16-21)18-8-3-1-4-9-18;23-22-14-13-18(15-21(22)17-7-2-1-3-8-17)20-12-6-10-16-9-4-5-11-19(16)20;19-17-9-5-4-8-15(17)16-12-14(10-11-18(16)20)13-6-2-1-3-7-13;19-18-12-11-16(14-7-3-1-4-8-14)13-17(18)15-9-5-2-6-10-15/h2*1-17H;1-15H;1-12H;1-13H. The Morgan fingerprint density at radius 1 is 0.143 bits per heavy atom. The molecule has 0 radical (unpaired) electrons. The van der Waals surface area contributed by atoms with Crippen LogP contribution in [0.25, 0.3) is 144 Å². The van der Waals surface area contributed by atoms with Gasteiger partial charge in [0, 0.05) is 25.9 Å². The van der Waals surface area contributed by atoms with Crippen LogP contribution in [0, 0.1) is 3.57 Å². The van der Waals surface area contributed by atoms with Crippen LogP contribution in [-0.2, 0) is 0 Å². The third-order valence-electron chi connectivity index (χ3n) is 19.3. The SMILES string of the molecule is Brc1c(-c2ccccc2)cc(-c2ccccc2)cc1-c1ccccc1.Brc1ccc(-c2cccc(-c3ccccc3)c2)cc1-c1ccccc1.Brc1ccc(-c2cccc3ccccc23)cc1-c1ccccc1.Brc1ccc(-c2ccccc2)cc1-c1ccccc1.Brc1ccccc1-c1cc(-c2ccccc2)ccc1I. The molecule has 0 N–H and O–H groups in total. The van der Waals surface area contributed by atoms with Gasteiger partial charge in [0.05, 0.1) is 0 Å². The number of hydrogen-bond donors (Lipinski definition) is 0. The van der Waals surface area contributed by atoms with Gasteiger partial charge < -0.3 is 0 Å². The van der Waals surface area contributed by atoms with Gasteiger partial charge in [-0.15, -0.1) is 0 Å². The molecular formula is C106H74Br5I. The second-order valence-electron chi connectivity index (χ2n) is 26.5. The minimum absolute atomic E-state index is 1.11.